The van der Waals surface area contributed by atoms with Crippen LogP contribution in [0.1, 0.15) is 37.9 Å². The van der Waals surface area contributed by atoms with Gasteiger partial charge in [0.25, 0.3) is 0 Å². The topological polar surface area (TPSA) is 83.2 Å². The van der Waals surface area contributed by atoms with Gasteiger partial charge in [-0.05, 0) is 44.4 Å². The molecule has 2 aliphatic rings. The van der Waals surface area contributed by atoms with Crippen molar-refractivity contribution in [1.29, 1.82) is 0 Å². The van der Waals surface area contributed by atoms with Crippen molar-refractivity contribution in [1.82, 2.24) is 9.80 Å². The Labute approximate surface area is 167 Å². The summed E-state index contributed by atoms with van der Waals surface area (Å²) in [5, 5.41) is 7.12. The van der Waals surface area contributed by atoms with Gasteiger partial charge in [-0.25, -0.2) is 4.79 Å². The summed E-state index contributed by atoms with van der Waals surface area (Å²) in [7, 11) is 1.70. The molecule has 0 bridgehead atoms. The smallest absolute Gasteiger partial charge is 0.475 e. The maximum Gasteiger partial charge on any atom is 0.490 e. The Balaban J connectivity index is 0.000000370. The quantitative estimate of drug-likeness (QED) is 0.789. The van der Waals surface area contributed by atoms with Crippen LogP contribution in [0.2, 0.25) is 0 Å². The van der Waals surface area contributed by atoms with E-state index in [-0.39, 0.29) is 5.54 Å². The van der Waals surface area contributed by atoms with Crippen LogP contribution in [0, 0.1) is 0 Å². The molecule has 1 aromatic heterocycles. The van der Waals surface area contributed by atoms with E-state index in [1.165, 1.54) is 0 Å². The third-order valence-electron chi connectivity index (χ3n) is 5.41. The first-order valence-electron chi connectivity index (χ1n) is 9.52. The van der Waals surface area contributed by atoms with E-state index < -0.39 is 12.1 Å². The number of hydrogen-bond donors (Lipinski definition) is 1. The van der Waals surface area contributed by atoms with Crippen LogP contribution in [-0.2, 0) is 20.9 Å². The number of furan rings is 1. The molecule has 1 spiro atoms. The number of rotatable bonds is 5. The van der Waals surface area contributed by atoms with Crippen molar-refractivity contribution in [3.05, 3.63) is 24.2 Å². The van der Waals surface area contributed by atoms with Crippen LogP contribution in [0.25, 0.3) is 0 Å². The second-order valence-corrected chi connectivity index (χ2v) is 7.27. The highest BCUT2D eigenvalue weighted by atomic mass is 19.4. The molecule has 1 unspecified atom stereocenters. The number of ether oxygens (including phenoxy) is 1. The average molecular weight is 420 g/mol. The lowest BCUT2D eigenvalue weighted by Crippen LogP contribution is -2.47. The molecule has 3 rings (SSSR count). The molecule has 2 saturated heterocycles. The Bertz CT molecular complexity index is 665. The summed E-state index contributed by atoms with van der Waals surface area (Å²) >= 11 is 0. The number of carbonyl (C=O) groups excluding carboxylic acids is 1. The van der Waals surface area contributed by atoms with Gasteiger partial charge in [-0.15, -0.1) is 0 Å². The van der Waals surface area contributed by atoms with Crippen molar-refractivity contribution in [2.24, 2.45) is 0 Å². The number of carboxylic acids is 1. The van der Waals surface area contributed by atoms with Gasteiger partial charge in [0.2, 0.25) is 5.91 Å². The molecule has 2 aliphatic heterocycles. The summed E-state index contributed by atoms with van der Waals surface area (Å²) in [6, 6.07) is 3.97. The zero-order valence-corrected chi connectivity index (χ0v) is 16.4. The molecule has 3 heterocycles. The van der Waals surface area contributed by atoms with Crippen LogP contribution in [0.5, 0.6) is 0 Å². The van der Waals surface area contributed by atoms with E-state index in [1.807, 2.05) is 12.1 Å². The molecule has 10 heteroatoms. The van der Waals surface area contributed by atoms with Crippen molar-refractivity contribution in [2.45, 2.75) is 50.4 Å². The predicted molar refractivity (Wildman–Crippen MR) is 97.1 cm³/mol. The monoisotopic (exact) mass is 420 g/mol. The minimum Gasteiger partial charge on any atom is -0.475 e. The standard InChI is InChI=1S/C17H26N2O3.C2HF3O2/c1-21-13-11-19-16(20)5-7-17(19)6-3-9-18(10-8-17)14-15-4-2-12-22-15;3-2(4,5)1(6)7/h2,4,12H,3,5-11,13-14H2,1H3;(H,6,7). The highest BCUT2D eigenvalue weighted by Crippen LogP contribution is 2.39. The lowest BCUT2D eigenvalue weighted by Gasteiger charge is -2.38. The van der Waals surface area contributed by atoms with E-state index in [0.717, 1.165) is 57.6 Å². The zero-order valence-electron chi connectivity index (χ0n) is 16.4. The minimum atomic E-state index is -5.08. The van der Waals surface area contributed by atoms with Crippen LogP contribution in [0.15, 0.2) is 22.8 Å². The molecule has 7 nitrogen and oxygen atoms in total. The SMILES string of the molecule is COCCN1C(=O)CCC12CCCN(Cc1ccco1)CC2.O=C(O)C(F)(F)F. The second kappa shape index (κ2) is 10.1. The van der Waals surface area contributed by atoms with Gasteiger partial charge < -0.3 is 19.2 Å². The number of amides is 1. The van der Waals surface area contributed by atoms with Crippen LogP contribution >= 0.6 is 0 Å². The second-order valence-electron chi connectivity index (χ2n) is 7.27. The van der Waals surface area contributed by atoms with Crippen LogP contribution in [0.3, 0.4) is 0 Å². The predicted octanol–water partition coefficient (Wildman–Crippen LogP) is 2.91. The summed E-state index contributed by atoms with van der Waals surface area (Å²) in [6.45, 7) is 4.33. The third kappa shape index (κ3) is 6.46. The Morgan fingerprint density at radius 2 is 2.03 bits per heavy atom. The molecule has 1 atom stereocenters. The van der Waals surface area contributed by atoms with Crippen molar-refractivity contribution in [3.8, 4) is 0 Å². The Morgan fingerprint density at radius 1 is 1.31 bits per heavy atom. The number of alkyl halides is 3. The Hall–Kier alpha value is -2.07. The molecular weight excluding hydrogens is 393 g/mol. The van der Waals surface area contributed by atoms with Crippen LogP contribution in [0.4, 0.5) is 13.2 Å². The number of halogens is 3. The van der Waals surface area contributed by atoms with Gasteiger partial charge in [0.1, 0.15) is 5.76 Å². The molecule has 1 aromatic rings. The normalized spacial score (nSPS) is 23.0. The average Bonchev–Trinajstić information content (AvgIpc) is 3.20. The van der Waals surface area contributed by atoms with Gasteiger partial charge in [-0.3, -0.25) is 9.69 Å². The number of nitrogens with zero attached hydrogens (tertiary/aromatic N) is 2. The van der Waals surface area contributed by atoms with E-state index in [4.69, 9.17) is 19.1 Å². The highest BCUT2D eigenvalue weighted by molar-refractivity contribution is 5.79. The summed E-state index contributed by atoms with van der Waals surface area (Å²) in [5.74, 6) is -1.43. The largest absolute Gasteiger partial charge is 0.490 e. The van der Waals surface area contributed by atoms with Gasteiger partial charge in [0.15, 0.2) is 0 Å². The maximum atomic E-state index is 12.2. The first kappa shape index (κ1) is 23.2. The fourth-order valence-electron chi connectivity index (χ4n) is 3.95. The molecule has 1 N–H and O–H groups in total. The molecule has 0 radical (unpaired) electrons. The lowest BCUT2D eigenvalue weighted by molar-refractivity contribution is -0.192. The number of hydrogen-bond acceptors (Lipinski definition) is 5. The molecule has 164 valence electrons. The van der Waals surface area contributed by atoms with E-state index in [1.54, 1.807) is 13.4 Å². The maximum absolute atomic E-state index is 12.2. The van der Waals surface area contributed by atoms with E-state index in [0.29, 0.717) is 18.9 Å². The number of likely N-dealkylation sites (tertiary alicyclic amines) is 2. The summed E-state index contributed by atoms with van der Waals surface area (Å²) in [4.78, 5) is 25.7. The number of carbonyl (C=O) groups is 2. The zero-order chi connectivity index (χ0) is 21.5. The number of aliphatic carboxylic acids is 1. The van der Waals surface area contributed by atoms with Crippen molar-refractivity contribution < 1.29 is 37.0 Å². The molecule has 0 saturated carbocycles. The van der Waals surface area contributed by atoms with E-state index in [2.05, 4.69) is 9.80 Å². The summed E-state index contributed by atoms with van der Waals surface area (Å²) in [6.07, 6.45) is 1.65. The van der Waals surface area contributed by atoms with E-state index >= 15 is 0 Å². The van der Waals surface area contributed by atoms with Crippen molar-refractivity contribution in [3.63, 3.8) is 0 Å². The van der Waals surface area contributed by atoms with Gasteiger partial charge in [-0.1, -0.05) is 0 Å². The fraction of sp³-hybridized carbons (Fsp3) is 0.684. The lowest BCUT2D eigenvalue weighted by atomic mass is 9.88. The Morgan fingerprint density at radius 3 is 2.62 bits per heavy atom. The first-order chi connectivity index (χ1) is 13.7. The van der Waals surface area contributed by atoms with Gasteiger partial charge >= 0.3 is 12.1 Å². The van der Waals surface area contributed by atoms with Gasteiger partial charge in [-0.2, -0.15) is 13.2 Å². The van der Waals surface area contributed by atoms with Gasteiger partial charge in [0, 0.05) is 32.2 Å². The molecular formula is C19H27F3N2O5. The fourth-order valence-corrected chi connectivity index (χ4v) is 3.95. The number of carboxylic acid groups (broad SMARTS) is 1. The molecule has 2 fully saturated rings. The first-order valence-corrected chi connectivity index (χ1v) is 9.52. The number of methoxy groups -OCH3 is 1. The van der Waals surface area contributed by atoms with E-state index in [9.17, 15) is 18.0 Å². The van der Waals surface area contributed by atoms with Crippen molar-refractivity contribution >= 4 is 11.9 Å². The Kier molecular flexibility index (Phi) is 8.09. The molecule has 1 amide bonds. The van der Waals surface area contributed by atoms with Crippen molar-refractivity contribution in [2.75, 3.05) is 33.4 Å². The minimum absolute atomic E-state index is 0.0630. The van der Waals surface area contributed by atoms with Crippen LogP contribution < -0.4 is 0 Å². The molecule has 0 aromatic carbocycles. The molecule has 29 heavy (non-hydrogen) atoms. The molecule has 0 aliphatic carbocycles. The van der Waals surface area contributed by atoms with Crippen LogP contribution in [-0.4, -0.2) is 71.8 Å². The summed E-state index contributed by atoms with van der Waals surface area (Å²) < 4.78 is 42.4. The highest BCUT2D eigenvalue weighted by Gasteiger charge is 2.45. The van der Waals surface area contributed by atoms with Gasteiger partial charge in [0.05, 0.1) is 19.4 Å². The summed E-state index contributed by atoms with van der Waals surface area (Å²) in [5.41, 5.74) is 0.0630. The third-order valence-corrected chi connectivity index (χ3v) is 5.41.